The molecule has 84 valence electrons. The van der Waals surface area contributed by atoms with Crippen LogP contribution in [-0.4, -0.2) is 23.2 Å². The molecule has 0 fully saturated rings. The Labute approximate surface area is 89.4 Å². The summed E-state index contributed by atoms with van der Waals surface area (Å²) in [6, 6.07) is 4.68. The van der Waals surface area contributed by atoms with E-state index in [0.29, 0.717) is 11.7 Å². The first kappa shape index (κ1) is 11.9. The third-order valence-electron chi connectivity index (χ3n) is 2.21. The van der Waals surface area contributed by atoms with E-state index in [2.05, 4.69) is 10.3 Å². The highest BCUT2D eigenvalue weighted by Crippen LogP contribution is 2.06. The predicted octanol–water partition coefficient (Wildman–Crippen LogP) is 2.04. The fourth-order valence-corrected chi connectivity index (χ4v) is 1.26. The molecule has 0 amide bonds. The molecule has 2 N–H and O–H groups in total. The third-order valence-corrected chi connectivity index (χ3v) is 2.21. The lowest BCUT2D eigenvalue weighted by atomic mass is 10.1. The Kier molecular flexibility index (Phi) is 5.04. The van der Waals surface area contributed by atoms with Gasteiger partial charge in [-0.1, -0.05) is 13.0 Å². The zero-order valence-electron chi connectivity index (χ0n) is 8.91. The van der Waals surface area contributed by atoms with Crippen molar-refractivity contribution in [1.82, 2.24) is 4.98 Å². The van der Waals surface area contributed by atoms with Crippen molar-refractivity contribution in [3.63, 3.8) is 0 Å². The fraction of sp³-hybridized carbons (Fsp3) is 0.545. The lowest BCUT2D eigenvalue weighted by Crippen LogP contribution is -2.07. The average molecular weight is 212 g/mol. The second-order valence-corrected chi connectivity index (χ2v) is 3.70. The van der Waals surface area contributed by atoms with Crippen LogP contribution < -0.4 is 5.32 Å². The number of aromatic nitrogens is 1. The Balaban J connectivity index is 2.20. The molecule has 1 rings (SSSR count). The Morgan fingerprint density at radius 3 is 3.00 bits per heavy atom. The number of pyridine rings is 1. The summed E-state index contributed by atoms with van der Waals surface area (Å²) >= 11 is 0. The molecule has 0 aliphatic heterocycles. The molecule has 0 bridgehead atoms. The summed E-state index contributed by atoms with van der Waals surface area (Å²) in [4.78, 5) is 3.68. The zero-order valence-corrected chi connectivity index (χ0v) is 8.91. The minimum absolute atomic E-state index is 0.220. The molecule has 4 heteroatoms. The van der Waals surface area contributed by atoms with Crippen molar-refractivity contribution >= 4 is 5.82 Å². The van der Waals surface area contributed by atoms with Gasteiger partial charge in [-0.2, -0.15) is 4.39 Å². The first-order chi connectivity index (χ1) is 7.22. The highest BCUT2D eigenvalue weighted by atomic mass is 19.1. The van der Waals surface area contributed by atoms with Gasteiger partial charge in [0.2, 0.25) is 5.95 Å². The predicted molar refractivity (Wildman–Crippen MR) is 58.2 cm³/mol. The first-order valence-corrected chi connectivity index (χ1v) is 5.19. The van der Waals surface area contributed by atoms with Crippen molar-refractivity contribution in [2.24, 2.45) is 5.92 Å². The topological polar surface area (TPSA) is 45.1 Å². The summed E-state index contributed by atoms with van der Waals surface area (Å²) in [7, 11) is 0. The standard InChI is InChI=1S/C11H17FN2O/c1-9(8-15)4-3-7-13-11-6-2-5-10(12)14-11/h2,5-6,9,15H,3-4,7-8H2,1H3,(H,13,14). The monoisotopic (exact) mass is 212 g/mol. The Bertz CT molecular complexity index is 294. The van der Waals surface area contributed by atoms with Crippen LogP contribution in [0.15, 0.2) is 18.2 Å². The highest BCUT2D eigenvalue weighted by molar-refractivity contribution is 5.33. The average Bonchev–Trinajstić information content (AvgIpc) is 2.24. The van der Waals surface area contributed by atoms with Crippen LogP contribution in [0.2, 0.25) is 0 Å². The molecule has 1 aromatic heterocycles. The molecule has 1 aromatic rings. The summed E-state index contributed by atoms with van der Waals surface area (Å²) in [6.45, 7) is 2.97. The number of aliphatic hydroxyl groups is 1. The van der Waals surface area contributed by atoms with Crippen molar-refractivity contribution < 1.29 is 9.50 Å². The van der Waals surface area contributed by atoms with Crippen molar-refractivity contribution in [3.8, 4) is 0 Å². The van der Waals surface area contributed by atoms with Gasteiger partial charge in [0.15, 0.2) is 0 Å². The van der Waals surface area contributed by atoms with E-state index in [4.69, 9.17) is 5.11 Å². The van der Waals surface area contributed by atoms with Gasteiger partial charge in [0.05, 0.1) is 0 Å². The zero-order chi connectivity index (χ0) is 11.1. The summed E-state index contributed by atoms with van der Waals surface area (Å²) < 4.78 is 12.7. The van der Waals surface area contributed by atoms with Crippen LogP contribution in [0.3, 0.4) is 0 Å². The number of hydrogen-bond donors (Lipinski definition) is 2. The maximum absolute atomic E-state index is 12.7. The van der Waals surface area contributed by atoms with E-state index in [1.54, 1.807) is 12.1 Å². The molecular weight excluding hydrogens is 195 g/mol. The molecule has 0 spiro atoms. The maximum atomic E-state index is 12.7. The van der Waals surface area contributed by atoms with Gasteiger partial charge in [-0.25, -0.2) is 4.98 Å². The molecule has 1 atom stereocenters. The van der Waals surface area contributed by atoms with Crippen LogP contribution in [0, 0.1) is 11.9 Å². The Hall–Kier alpha value is -1.16. The lowest BCUT2D eigenvalue weighted by Gasteiger charge is -2.08. The van der Waals surface area contributed by atoms with Gasteiger partial charge in [-0.3, -0.25) is 0 Å². The molecule has 3 nitrogen and oxygen atoms in total. The van der Waals surface area contributed by atoms with Crippen LogP contribution in [0.5, 0.6) is 0 Å². The van der Waals surface area contributed by atoms with E-state index >= 15 is 0 Å². The van der Waals surface area contributed by atoms with Crippen molar-refractivity contribution in [3.05, 3.63) is 24.1 Å². The minimum Gasteiger partial charge on any atom is -0.396 e. The van der Waals surface area contributed by atoms with E-state index in [1.165, 1.54) is 6.07 Å². The SMILES string of the molecule is CC(CO)CCCNc1cccc(F)n1. The molecule has 0 radical (unpaired) electrons. The summed E-state index contributed by atoms with van der Waals surface area (Å²) in [6.07, 6.45) is 1.90. The van der Waals surface area contributed by atoms with Crippen LogP contribution in [-0.2, 0) is 0 Å². The molecule has 1 heterocycles. The number of nitrogens with one attached hydrogen (secondary N) is 1. The minimum atomic E-state index is -0.469. The molecular formula is C11H17FN2O. The number of hydrogen-bond acceptors (Lipinski definition) is 3. The van der Waals surface area contributed by atoms with Crippen molar-refractivity contribution in [2.75, 3.05) is 18.5 Å². The van der Waals surface area contributed by atoms with E-state index in [-0.39, 0.29) is 6.61 Å². The smallest absolute Gasteiger partial charge is 0.214 e. The largest absolute Gasteiger partial charge is 0.396 e. The van der Waals surface area contributed by atoms with E-state index in [9.17, 15) is 4.39 Å². The van der Waals surface area contributed by atoms with E-state index in [1.807, 2.05) is 6.92 Å². The summed E-state index contributed by atoms with van der Waals surface area (Å²) in [5.74, 6) is 0.419. The van der Waals surface area contributed by atoms with Gasteiger partial charge >= 0.3 is 0 Å². The number of aliphatic hydroxyl groups excluding tert-OH is 1. The van der Waals surface area contributed by atoms with Crippen molar-refractivity contribution in [2.45, 2.75) is 19.8 Å². The second-order valence-electron chi connectivity index (χ2n) is 3.70. The van der Waals surface area contributed by atoms with Gasteiger partial charge in [0.1, 0.15) is 5.82 Å². The van der Waals surface area contributed by atoms with E-state index in [0.717, 1.165) is 19.4 Å². The Morgan fingerprint density at radius 1 is 1.53 bits per heavy atom. The number of anilines is 1. The highest BCUT2D eigenvalue weighted by Gasteiger charge is 1.99. The first-order valence-electron chi connectivity index (χ1n) is 5.19. The molecule has 0 aliphatic rings. The van der Waals surface area contributed by atoms with Gasteiger partial charge in [-0.15, -0.1) is 0 Å². The van der Waals surface area contributed by atoms with Gasteiger partial charge in [-0.05, 0) is 30.9 Å². The number of rotatable bonds is 6. The fourth-order valence-electron chi connectivity index (χ4n) is 1.26. The Morgan fingerprint density at radius 2 is 2.33 bits per heavy atom. The normalized spacial score (nSPS) is 12.5. The van der Waals surface area contributed by atoms with Gasteiger partial charge < -0.3 is 10.4 Å². The molecule has 15 heavy (non-hydrogen) atoms. The van der Waals surface area contributed by atoms with Crippen LogP contribution >= 0.6 is 0 Å². The van der Waals surface area contributed by atoms with Crippen LogP contribution in [0.4, 0.5) is 10.2 Å². The molecule has 0 aromatic carbocycles. The number of halogens is 1. The molecule has 1 unspecified atom stereocenters. The van der Waals surface area contributed by atoms with E-state index < -0.39 is 5.95 Å². The van der Waals surface area contributed by atoms with Gasteiger partial charge in [0, 0.05) is 13.2 Å². The van der Waals surface area contributed by atoms with Gasteiger partial charge in [0.25, 0.3) is 0 Å². The lowest BCUT2D eigenvalue weighted by molar-refractivity contribution is 0.229. The quantitative estimate of drug-likeness (QED) is 0.560. The molecule has 0 aliphatic carbocycles. The molecule has 0 saturated carbocycles. The van der Waals surface area contributed by atoms with Crippen LogP contribution in [0.1, 0.15) is 19.8 Å². The maximum Gasteiger partial charge on any atom is 0.214 e. The third kappa shape index (κ3) is 4.74. The summed E-state index contributed by atoms with van der Waals surface area (Å²) in [5, 5.41) is 11.8. The van der Waals surface area contributed by atoms with Crippen molar-refractivity contribution in [1.29, 1.82) is 0 Å². The summed E-state index contributed by atoms with van der Waals surface area (Å²) in [5.41, 5.74) is 0. The second kappa shape index (κ2) is 6.35. The van der Waals surface area contributed by atoms with Crippen LogP contribution in [0.25, 0.3) is 0 Å². The number of nitrogens with zero attached hydrogens (tertiary/aromatic N) is 1. The molecule has 0 saturated heterocycles.